The fourth-order valence-electron chi connectivity index (χ4n) is 2.49. The second kappa shape index (κ2) is 6.12. The number of nitrogens with zero attached hydrogens (tertiary/aromatic N) is 4. The molecule has 3 heterocycles. The summed E-state index contributed by atoms with van der Waals surface area (Å²) >= 11 is 0. The maximum atomic E-state index is 12.2. The van der Waals surface area contributed by atoms with Gasteiger partial charge in [0.15, 0.2) is 0 Å². The summed E-state index contributed by atoms with van der Waals surface area (Å²) in [5, 5.41) is 0. The first-order valence-electron chi connectivity index (χ1n) is 7.56. The molecule has 7 nitrogen and oxygen atoms in total. The lowest BCUT2D eigenvalue weighted by molar-refractivity contribution is 0.0468. The molecule has 0 fully saturated rings. The lowest BCUT2D eigenvalue weighted by atomic mass is 10.2. The molecule has 0 spiro atoms. The lowest BCUT2D eigenvalue weighted by Gasteiger charge is -2.06. The summed E-state index contributed by atoms with van der Waals surface area (Å²) in [6.45, 7) is -0.0853. The fourth-order valence-corrected chi connectivity index (χ4v) is 2.49. The molecule has 122 valence electrons. The van der Waals surface area contributed by atoms with E-state index >= 15 is 0 Å². The number of benzene rings is 1. The fraction of sp³-hybridized carbons (Fsp3) is 0.0556. The van der Waals surface area contributed by atoms with Gasteiger partial charge in [-0.2, -0.15) is 0 Å². The molecule has 0 bridgehead atoms. The Kier molecular flexibility index (Phi) is 3.66. The van der Waals surface area contributed by atoms with Crippen molar-refractivity contribution in [3.63, 3.8) is 0 Å². The predicted molar refractivity (Wildman–Crippen MR) is 90.1 cm³/mol. The summed E-state index contributed by atoms with van der Waals surface area (Å²) in [4.78, 5) is 36.9. The van der Waals surface area contributed by atoms with Crippen LogP contribution in [0.15, 0.2) is 65.8 Å². The van der Waals surface area contributed by atoms with Crippen LogP contribution >= 0.6 is 0 Å². The molecule has 0 aliphatic heterocycles. The van der Waals surface area contributed by atoms with Gasteiger partial charge in [0.2, 0.25) is 0 Å². The molecule has 0 radical (unpaired) electrons. The maximum Gasteiger partial charge on any atom is 0.338 e. The van der Waals surface area contributed by atoms with Crippen molar-refractivity contribution < 1.29 is 9.53 Å². The number of carbonyl (C=O) groups is 1. The molecule has 0 atom stereocenters. The zero-order valence-corrected chi connectivity index (χ0v) is 13.0. The first-order valence-corrected chi connectivity index (χ1v) is 7.56. The van der Waals surface area contributed by atoms with E-state index < -0.39 is 5.97 Å². The molecule has 4 aromatic rings. The van der Waals surface area contributed by atoms with E-state index in [-0.39, 0.29) is 12.2 Å². The average Bonchev–Trinajstić information content (AvgIpc) is 2.66. The van der Waals surface area contributed by atoms with Crippen LogP contribution in [0.4, 0.5) is 0 Å². The molecule has 0 N–H and O–H groups in total. The summed E-state index contributed by atoms with van der Waals surface area (Å²) in [6, 6.07) is 11.6. The normalized spacial score (nSPS) is 10.9. The van der Waals surface area contributed by atoms with Gasteiger partial charge in [-0.25, -0.2) is 9.78 Å². The topological polar surface area (TPSA) is 86.5 Å². The van der Waals surface area contributed by atoms with Gasteiger partial charge in [-0.3, -0.25) is 19.2 Å². The Labute approximate surface area is 141 Å². The van der Waals surface area contributed by atoms with Gasteiger partial charge in [0.05, 0.1) is 22.3 Å². The summed E-state index contributed by atoms with van der Waals surface area (Å²) in [7, 11) is 0. The van der Waals surface area contributed by atoms with E-state index in [9.17, 15) is 9.59 Å². The molecule has 25 heavy (non-hydrogen) atoms. The minimum absolute atomic E-state index is 0.0853. The average molecular weight is 332 g/mol. The van der Waals surface area contributed by atoms with Crippen LogP contribution in [0.5, 0.6) is 0 Å². The monoisotopic (exact) mass is 332 g/mol. The van der Waals surface area contributed by atoms with Gasteiger partial charge < -0.3 is 4.74 Å². The third-order valence-corrected chi connectivity index (χ3v) is 3.68. The van der Waals surface area contributed by atoms with Crippen LogP contribution in [0.1, 0.15) is 16.1 Å². The van der Waals surface area contributed by atoms with Gasteiger partial charge in [-0.15, -0.1) is 0 Å². The molecule has 0 aliphatic rings. The number of hydrogen-bond donors (Lipinski definition) is 0. The van der Waals surface area contributed by atoms with Gasteiger partial charge >= 0.3 is 5.97 Å². The molecular formula is C18H12N4O3. The summed E-state index contributed by atoms with van der Waals surface area (Å²) < 4.78 is 6.69. The van der Waals surface area contributed by atoms with Crippen molar-refractivity contribution in [1.82, 2.24) is 19.4 Å². The first-order chi connectivity index (χ1) is 12.2. The summed E-state index contributed by atoms with van der Waals surface area (Å²) in [5.41, 5.74) is 2.34. The third-order valence-electron chi connectivity index (χ3n) is 3.68. The zero-order valence-electron chi connectivity index (χ0n) is 13.0. The molecule has 0 aliphatic carbocycles. The van der Waals surface area contributed by atoms with E-state index in [1.54, 1.807) is 55.0 Å². The van der Waals surface area contributed by atoms with E-state index in [0.717, 1.165) is 0 Å². The predicted octanol–water partition coefficient (Wildman–Crippen LogP) is 1.99. The van der Waals surface area contributed by atoms with Crippen LogP contribution in [0.2, 0.25) is 0 Å². The van der Waals surface area contributed by atoms with Gasteiger partial charge in [0.25, 0.3) is 5.56 Å². The molecule has 0 unspecified atom stereocenters. The highest BCUT2D eigenvalue weighted by Gasteiger charge is 2.10. The Morgan fingerprint density at radius 3 is 2.76 bits per heavy atom. The molecule has 1 aromatic carbocycles. The highest BCUT2D eigenvalue weighted by molar-refractivity contribution is 5.93. The smallest absolute Gasteiger partial charge is 0.338 e. The summed E-state index contributed by atoms with van der Waals surface area (Å²) in [5.74, 6) is -0.511. The van der Waals surface area contributed by atoms with Crippen LogP contribution in [0.3, 0.4) is 0 Å². The minimum atomic E-state index is -0.511. The highest BCUT2D eigenvalue weighted by Crippen LogP contribution is 2.12. The van der Waals surface area contributed by atoms with Crippen LogP contribution in [-0.4, -0.2) is 25.3 Å². The number of hydrogen-bond acceptors (Lipinski definition) is 6. The Morgan fingerprint density at radius 2 is 1.88 bits per heavy atom. The largest absolute Gasteiger partial charge is 0.456 e. The van der Waals surface area contributed by atoms with Gasteiger partial charge in [0.1, 0.15) is 12.3 Å². The van der Waals surface area contributed by atoms with Crippen LogP contribution in [-0.2, 0) is 11.3 Å². The second-order valence-corrected chi connectivity index (χ2v) is 5.35. The molecule has 3 aromatic heterocycles. The van der Waals surface area contributed by atoms with Crippen molar-refractivity contribution in [2.24, 2.45) is 0 Å². The SMILES string of the molecule is O=C(OCc1cc(=O)n2ccccc2n1)c1ccc2nccnc2c1. The maximum absolute atomic E-state index is 12.2. The Morgan fingerprint density at radius 1 is 1.04 bits per heavy atom. The Bertz CT molecular complexity index is 1150. The van der Waals surface area contributed by atoms with Crippen molar-refractivity contribution in [1.29, 1.82) is 0 Å². The van der Waals surface area contributed by atoms with Gasteiger partial charge in [-0.05, 0) is 30.3 Å². The highest BCUT2D eigenvalue weighted by atomic mass is 16.5. The van der Waals surface area contributed by atoms with E-state index in [1.807, 2.05) is 0 Å². The van der Waals surface area contributed by atoms with Gasteiger partial charge in [-0.1, -0.05) is 6.07 Å². The van der Waals surface area contributed by atoms with Crippen molar-refractivity contribution in [3.8, 4) is 0 Å². The molecule has 0 saturated carbocycles. The number of ether oxygens (including phenoxy) is 1. The molecular weight excluding hydrogens is 320 g/mol. The lowest BCUT2D eigenvalue weighted by Crippen LogP contribution is -2.16. The standard InChI is InChI=1S/C18H12N4O3/c23-17-10-13(21-16-3-1-2-8-22(16)17)11-25-18(24)12-4-5-14-15(9-12)20-7-6-19-14/h1-10H,11H2. The quantitative estimate of drug-likeness (QED) is 0.533. The number of fused-ring (bicyclic) bond motifs is 2. The van der Waals surface area contributed by atoms with Crippen molar-refractivity contribution in [2.75, 3.05) is 0 Å². The van der Waals surface area contributed by atoms with E-state index in [4.69, 9.17) is 4.74 Å². The number of carbonyl (C=O) groups excluding carboxylic acids is 1. The Balaban J connectivity index is 1.56. The number of pyridine rings is 1. The summed E-state index contributed by atoms with van der Waals surface area (Å²) in [6.07, 6.45) is 4.78. The van der Waals surface area contributed by atoms with E-state index in [0.29, 0.717) is 27.9 Å². The zero-order chi connectivity index (χ0) is 17.2. The van der Waals surface area contributed by atoms with Crippen molar-refractivity contribution in [2.45, 2.75) is 6.61 Å². The van der Waals surface area contributed by atoms with Crippen molar-refractivity contribution >= 4 is 22.6 Å². The van der Waals surface area contributed by atoms with E-state index in [2.05, 4.69) is 15.0 Å². The van der Waals surface area contributed by atoms with Gasteiger partial charge in [0, 0.05) is 24.7 Å². The number of rotatable bonds is 3. The van der Waals surface area contributed by atoms with Crippen LogP contribution in [0.25, 0.3) is 16.7 Å². The van der Waals surface area contributed by atoms with Crippen molar-refractivity contribution in [3.05, 3.63) is 82.7 Å². The third kappa shape index (κ3) is 2.94. The second-order valence-electron chi connectivity index (χ2n) is 5.35. The Hall–Kier alpha value is -3.61. The molecule has 0 saturated heterocycles. The van der Waals surface area contributed by atoms with Crippen LogP contribution < -0.4 is 5.56 Å². The molecule has 4 rings (SSSR count). The number of esters is 1. The first kappa shape index (κ1) is 14.9. The minimum Gasteiger partial charge on any atom is -0.456 e. The van der Waals surface area contributed by atoms with E-state index in [1.165, 1.54) is 10.5 Å². The van der Waals surface area contributed by atoms with Crippen LogP contribution in [0, 0.1) is 0 Å². The number of aromatic nitrogens is 4. The molecule has 7 heteroatoms. The molecule has 0 amide bonds.